The second kappa shape index (κ2) is 7.02. The maximum Gasteiger partial charge on any atom is 0.233 e. The van der Waals surface area contributed by atoms with Crippen molar-refractivity contribution in [1.82, 2.24) is 10.0 Å². The van der Waals surface area contributed by atoms with Gasteiger partial charge in [0.1, 0.15) is 0 Å². The molecule has 1 aliphatic rings. The van der Waals surface area contributed by atoms with Crippen LogP contribution in [-0.4, -0.2) is 27.5 Å². The van der Waals surface area contributed by atoms with Crippen molar-refractivity contribution in [1.29, 1.82) is 0 Å². The lowest BCUT2D eigenvalue weighted by Crippen LogP contribution is -2.40. The van der Waals surface area contributed by atoms with Crippen molar-refractivity contribution in [2.75, 3.05) is 7.05 Å². The fourth-order valence-corrected chi connectivity index (χ4v) is 3.62. The molecular weight excluding hydrogens is 272 g/mol. The minimum atomic E-state index is -3.35. The molecule has 0 heterocycles. The summed E-state index contributed by atoms with van der Waals surface area (Å²) in [6, 6.07) is 10.0. The van der Waals surface area contributed by atoms with Crippen molar-refractivity contribution in [3.05, 3.63) is 41.3 Å². The molecule has 1 fully saturated rings. The minimum absolute atomic E-state index is 0.0602. The van der Waals surface area contributed by atoms with Crippen LogP contribution in [0, 0.1) is 0 Å². The average molecular weight is 294 g/mol. The van der Waals surface area contributed by atoms with Gasteiger partial charge in [0.15, 0.2) is 0 Å². The van der Waals surface area contributed by atoms with Gasteiger partial charge in [0, 0.05) is 17.5 Å². The molecule has 2 N–H and O–H groups in total. The molecule has 20 heavy (non-hydrogen) atoms. The van der Waals surface area contributed by atoms with E-state index in [1.165, 1.54) is 5.41 Å². The van der Waals surface area contributed by atoms with E-state index in [-0.39, 0.29) is 6.04 Å². The summed E-state index contributed by atoms with van der Waals surface area (Å²) in [5.41, 5.74) is 0.886. The fourth-order valence-electron chi connectivity index (χ4n) is 2.50. The highest BCUT2D eigenvalue weighted by Gasteiger charge is 2.22. The summed E-state index contributed by atoms with van der Waals surface area (Å²) in [6.45, 7) is 0. The minimum Gasteiger partial charge on any atom is -0.317 e. The Morgan fingerprint density at radius 3 is 2.25 bits per heavy atom. The van der Waals surface area contributed by atoms with Gasteiger partial charge in [0.05, 0.1) is 0 Å². The summed E-state index contributed by atoms with van der Waals surface area (Å²) in [6.07, 6.45) is 5.45. The third kappa shape index (κ3) is 4.74. The van der Waals surface area contributed by atoms with E-state index >= 15 is 0 Å². The lowest BCUT2D eigenvalue weighted by atomic mass is 9.92. The Bertz CT molecular complexity index is 532. The first-order valence-corrected chi connectivity index (χ1v) is 8.56. The van der Waals surface area contributed by atoms with Gasteiger partial charge in [-0.3, -0.25) is 0 Å². The molecule has 0 atom stereocenters. The Morgan fingerprint density at radius 2 is 1.65 bits per heavy atom. The second-order valence-electron chi connectivity index (χ2n) is 5.21. The quantitative estimate of drug-likeness (QED) is 0.874. The largest absolute Gasteiger partial charge is 0.317 e. The Labute approximate surface area is 121 Å². The zero-order valence-electron chi connectivity index (χ0n) is 11.7. The van der Waals surface area contributed by atoms with Crippen molar-refractivity contribution >= 4 is 16.1 Å². The number of hydrogen-bond acceptors (Lipinski definition) is 3. The van der Waals surface area contributed by atoms with Crippen molar-refractivity contribution < 1.29 is 8.42 Å². The number of benzene rings is 1. The molecule has 1 aromatic rings. The van der Waals surface area contributed by atoms with Crippen LogP contribution in [0.3, 0.4) is 0 Å². The molecule has 0 aliphatic heterocycles. The standard InChI is InChI=1S/C15H22N2O2S/c1-16-14-7-9-15(10-8-14)17-20(18,19)12-11-13-5-3-2-4-6-13/h2-6,11-12,14-17H,7-10H2,1H3. The summed E-state index contributed by atoms with van der Waals surface area (Å²) in [5, 5.41) is 4.50. The van der Waals surface area contributed by atoms with Crippen LogP contribution in [0.25, 0.3) is 6.08 Å². The monoisotopic (exact) mass is 294 g/mol. The molecule has 0 saturated heterocycles. The first kappa shape index (κ1) is 15.2. The Morgan fingerprint density at radius 1 is 1.05 bits per heavy atom. The highest BCUT2D eigenvalue weighted by molar-refractivity contribution is 7.92. The predicted molar refractivity (Wildman–Crippen MR) is 82.6 cm³/mol. The fraction of sp³-hybridized carbons (Fsp3) is 0.467. The summed E-state index contributed by atoms with van der Waals surface area (Å²) < 4.78 is 26.8. The molecule has 0 amide bonds. The molecule has 0 unspecified atom stereocenters. The molecule has 5 heteroatoms. The van der Waals surface area contributed by atoms with Gasteiger partial charge in [0.25, 0.3) is 0 Å². The van der Waals surface area contributed by atoms with E-state index in [0.29, 0.717) is 6.04 Å². The van der Waals surface area contributed by atoms with Crippen molar-refractivity contribution in [3.8, 4) is 0 Å². The van der Waals surface area contributed by atoms with Crippen LogP contribution in [0.5, 0.6) is 0 Å². The van der Waals surface area contributed by atoms with E-state index in [2.05, 4.69) is 10.0 Å². The van der Waals surface area contributed by atoms with Crippen LogP contribution >= 0.6 is 0 Å². The normalized spacial score (nSPS) is 24.1. The summed E-state index contributed by atoms with van der Waals surface area (Å²) in [7, 11) is -1.40. The van der Waals surface area contributed by atoms with Gasteiger partial charge < -0.3 is 5.32 Å². The number of sulfonamides is 1. The molecule has 0 bridgehead atoms. The van der Waals surface area contributed by atoms with Crippen LogP contribution in [0.15, 0.2) is 35.7 Å². The van der Waals surface area contributed by atoms with Gasteiger partial charge in [-0.25, -0.2) is 13.1 Å². The van der Waals surface area contributed by atoms with E-state index in [1.54, 1.807) is 6.08 Å². The van der Waals surface area contributed by atoms with Crippen LogP contribution in [0.1, 0.15) is 31.2 Å². The Balaban J connectivity index is 1.90. The first-order valence-electron chi connectivity index (χ1n) is 7.02. The molecule has 0 radical (unpaired) electrons. The summed E-state index contributed by atoms with van der Waals surface area (Å²) >= 11 is 0. The van der Waals surface area contributed by atoms with Crippen LogP contribution in [-0.2, 0) is 10.0 Å². The van der Waals surface area contributed by atoms with Crippen molar-refractivity contribution in [2.24, 2.45) is 0 Å². The van der Waals surface area contributed by atoms with Crippen LogP contribution in [0.4, 0.5) is 0 Å². The van der Waals surface area contributed by atoms with Gasteiger partial charge in [0.2, 0.25) is 10.0 Å². The van der Waals surface area contributed by atoms with E-state index in [1.807, 2.05) is 37.4 Å². The Hall–Kier alpha value is -1.17. The molecule has 1 aromatic carbocycles. The van der Waals surface area contributed by atoms with Gasteiger partial charge in [-0.05, 0) is 44.4 Å². The number of nitrogens with one attached hydrogen (secondary N) is 2. The smallest absolute Gasteiger partial charge is 0.233 e. The SMILES string of the molecule is CNC1CCC(NS(=O)(=O)C=Cc2ccccc2)CC1. The highest BCUT2D eigenvalue weighted by atomic mass is 32.2. The molecule has 0 spiro atoms. The van der Waals surface area contributed by atoms with E-state index in [9.17, 15) is 8.42 Å². The molecule has 1 aliphatic carbocycles. The van der Waals surface area contributed by atoms with Crippen LogP contribution < -0.4 is 10.0 Å². The maximum absolute atomic E-state index is 12.0. The Kier molecular flexibility index (Phi) is 5.34. The lowest BCUT2D eigenvalue weighted by molar-refractivity contribution is 0.343. The summed E-state index contributed by atoms with van der Waals surface area (Å²) in [4.78, 5) is 0. The van der Waals surface area contributed by atoms with Crippen molar-refractivity contribution in [3.63, 3.8) is 0 Å². The number of hydrogen-bond donors (Lipinski definition) is 2. The lowest BCUT2D eigenvalue weighted by Gasteiger charge is -2.28. The predicted octanol–water partition coefficient (Wildman–Crippen LogP) is 2.11. The average Bonchev–Trinajstić information content (AvgIpc) is 2.47. The molecule has 110 valence electrons. The molecule has 0 aromatic heterocycles. The van der Waals surface area contributed by atoms with E-state index in [0.717, 1.165) is 31.2 Å². The van der Waals surface area contributed by atoms with Gasteiger partial charge in [-0.2, -0.15) is 0 Å². The topological polar surface area (TPSA) is 58.2 Å². The van der Waals surface area contributed by atoms with Gasteiger partial charge in [-0.15, -0.1) is 0 Å². The third-order valence-corrected chi connectivity index (χ3v) is 4.86. The van der Waals surface area contributed by atoms with Crippen molar-refractivity contribution in [2.45, 2.75) is 37.8 Å². The number of rotatable bonds is 5. The van der Waals surface area contributed by atoms with Gasteiger partial charge in [-0.1, -0.05) is 30.3 Å². The molecule has 4 nitrogen and oxygen atoms in total. The zero-order chi connectivity index (χ0) is 14.4. The maximum atomic E-state index is 12.0. The zero-order valence-corrected chi connectivity index (χ0v) is 12.6. The molecule has 1 saturated carbocycles. The third-order valence-electron chi connectivity index (χ3n) is 3.71. The molecular formula is C15H22N2O2S. The highest BCUT2D eigenvalue weighted by Crippen LogP contribution is 2.19. The van der Waals surface area contributed by atoms with Gasteiger partial charge >= 0.3 is 0 Å². The first-order chi connectivity index (χ1) is 9.59. The summed E-state index contributed by atoms with van der Waals surface area (Å²) in [5.74, 6) is 0. The van der Waals surface area contributed by atoms with Crippen LogP contribution in [0.2, 0.25) is 0 Å². The van der Waals surface area contributed by atoms with E-state index < -0.39 is 10.0 Å². The molecule has 2 rings (SSSR count). The van der Waals surface area contributed by atoms with E-state index in [4.69, 9.17) is 0 Å². The second-order valence-corrected chi connectivity index (χ2v) is 6.81.